The fourth-order valence-electron chi connectivity index (χ4n) is 3.85. The van der Waals surface area contributed by atoms with Crippen molar-refractivity contribution in [1.82, 2.24) is 15.1 Å². The molecule has 2 aromatic carbocycles. The molecule has 3 rings (SSSR count). The zero-order valence-corrected chi connectivity index (χ0v) is 21.3. The van der Waals surface area contributed by atoms with E-state index < -0.39 is 6.04 Å². The zero-order valence-electron chi connectivity index (χ0n) is 19.7. The van der Waals surface area contributed by atoms with E-state index in [2.05, 4.69) is 21.2 Å². The highest BCUT2D eigenvalue weighted by molar-refractivity contribution is 9.10. The maximum atomic E-state index is 13.2. The second-order valence-electron chi connectivity index (χ2n) is 8.56. The van der Waals surface area contributed by atoms with Crippen molar-refractivity contribution in [2.45, 2.75) is 58.7 Å². The molecule has 0 saturated carbocycles. The van der Waals surface area contributed by atoms with Crippen LogP contribution in [0.4, 0.5) is 0 Å². The van der Waals surface area contributed by atoms with E-state index in [9.17, 15) is 19.2 Å². The Bertz CT molecular complexity index is 1050. The quantitative estimate of drug-likeness (QED) is 0.470. The van der Waals surface area contributed by atoms with Crippen molar-refractivity contribution in [3.8, 4) is 0 Å². The molecule has 0 fully saturated rings. The van der Waals surface area contributed by atoms with E-state index >= 15 is 0 Å². The van der Waals surface area contributed by atoms with Gasteiger partial charge in [-0.3, -0.25) is 24.1 Å². The lowest BCUT2D eigenvalue weighted by atomic mass is 10.1. The highest BCUT2D eigenvalue weighted by atomic mass is 79.9. The van der Waals surface area contributed by atoms with Crippen molar-refractivity contribution in [2.24, 2.45) is 0 Å². The van der Waals surface area contributed by atoms with Crippen LogP contribution in [0, 0.1) is 0 Å². The summed E-state index contributed by atoms with van der Waals surface area (Å²) < 4.78 is 0.889. The van der Waals surface area contributed by atoms with Crippen LogP contribution in [-0.2, 0) is 16.1 Å². The number of carbonyl (C=O) groups excluding carboxylic acids is 4. The van der Waals surface area contributed by atoms with Crippen molar-refractivity contribution in [2.75, 3.05) is 6.54 Å². The molecule has 0 spiro atoms. The summed E-state index contributed by atoms with van der Waals surface area (Å²) in [6.07, 6.45) is 1.22. The summed E-state index contributed by atoms with van der Waals surface area (Å²) in [6.45, 7) is 6.06. The van der Waals surface area contributed by atoms with Gasteiger partial charge in [-0.05, 0) is 56.5 Å². The fourth-order valence-corrected chi connectivity index (χ4v) is 4.30. The van der Waals surface area contributed by atoms with Gasteiger partial charge in [-0.2, -0.15) is 0 Å². The first kappa shape index (κ1) is 25.6. The lowest BCUT2D eigenvalue weighted by molar-refractivity contribution is -0.141. The molecule has 0 bridgehead atoms. The van der Waals surface area contributed by atoms with Crippen LogP contribution in [0.2, 0.25) is 0 Å². The Morgan fingerprint density at radius 1 is 1.03 bits per heavy atom. The number of hydrogen-bond donors (Lipinski definition) is 1. The molecule has 7 nitrogen and oxygen atoms in total. The molecule has 34 heavy (non-hydrogen) atoms. The van der Waals surface area contributed by atoms with E-state index in [-0.39, 0.29) is 49.2 Å². The van der Waals surface area contributed by atoms with Crippen LogP contribution < -0.4 is 5.32 Å². The van der Waals surface area contributed by atoms with Gasteiger partial charge in [-0.1, -0.05) is 47.1 Å². The second kappa shape index (κ2) is 11.4. The minimum absolute atomic E-state index is 0.00611. The summed E-state index contributed by atoms with van der Waals surface area (Å²) in [5, 5.41) is 2.94. The van der Waals surface area contributed by atoms with E-state index in [0.29, 0.717) is 17.5 Å². The van der Waals surface area contributed by atoms with E-state index in [4.69, 9.17) is 0 Å². The van der Waals surface area contributed by atoms with Gasteiger partial charge in [0.2, 0.25) is 11.8 Å². The number of benzene rings is 2. The molecule has 1 aliphatic rings. The normalized spacial score (nSPS) is 14.5. The van der Waals surface area contributed by atoms with Crippen LogP contribution >= 0.6 is 15.9 Å². The molecule has 2 aromatic rings. The minimum atomic E-state index is -0.667. The summed E-state index contributed by atoms with van der Waals surface area (Å²) in [5.74, 6) is -1.08. The third kappa shape index (κ3) is 5.91. The monoisotopic (exact) mass is 527 g/mol. The van der Waals surface area contributed by atoms with E-state index in [1.807, 2.05) is 38.1 Å². The predicted octanol–water partition coefficient (Wildman–Crippen LogP) is 4.16. The van der Waals surface area contributed by atoms with Crippen LogP contribution in [0.15, 0.2) is 53.0 Å². The van der Waals surface area contributed by atoms with E-state index in [0.717, 1.165) is 16.5 Å². The van der Waals surface area contributed by atoms with Crippen LogP contribution in [0.3, 0.4) is 0 Å². The molecule has 1 N–H and O–H groups in total. The molecule has 0 saturated heterocycles. The topological polar surface area (TPSA) is 86.8 Å². The zero-order chi connectivity index (χ0) is 24.8. The number of nitrogens with zero attached hydrogens (tertiary/aromatic N) is 2. The predicted molar refractivity (Wildman–Crippen MR) is 133 cm³/mol. The first-order valence-electron chi connectivity index (χ1n) is 11.5. The van der Waals surface area contributed by atoms with E-state index in [1.165, 1.54) is 4.90 Å². The van der Waals surface area contributed by atoms with Crippen molar-refractivity contribution < 1.29 is 19.2 Å². The number of rotatable bonds is 10. The molecule has 8 heteroatoms. The van der Waals surface area contributed by atoms with Gasteiger partial charge in [0.1, 0.15) is 6.04 Å². The summed E-state index contributed by atoms with van der Waals surface area (Å²) >= 11 is 3.45. The van der Waals surface area contributed by atoms with Gasteiger partial charge < -0.3 is 10.2 Å². The van der Waals surface area contributed by atoms with Gasteiger partial charge in [0.05, 0.1) is 11.1 Å². The average Bonchev–Trinajstić information content (AvgIpc) is 3.07. The maximum Gasteiger partial charge on any atom is 0.261 e. The Labute approximate surface area is 208 Å². The molecule has 0 unspecified atom stereocenters. The lowest BCUT2D eigenvalue weighted by Crippen LogP contribution is -2.49. The van der Waals surface area contributed by atoms with Gasteiger partial charge in [0, 0.05) is 30.0 Å². The number of hydrogen-bond acceptors (Lipinski definition) is 4. The summed E-state index contributed by atoms with van der Waals surface area (Å²) in [7, 11) is 0. The summed E-state index contributed by atoms with van der Waals surface area (Å²) in [5.41, 5.74) is 1.68. The number of amides is 4. The third-order valence-electron chi connectivity index (χ3n) is 6.06. The fraction of sp³-hybridized carbons (Fsp3) is 0.385. The molecule has 0 radical (unpaired) electrons. The molecule has 180 valence electrons. The molecule has 0 aliphatic carbocycles. The highest BCUT2D eigenvalue weighted by Crippen LogP contribution is 2.23. The first-order valence-corrected chi connectivity index (χ1v) is 12.3. The highest BCUT2D eigenvalue weighted by Gasteiger charge is 2.35. The average molecular weight is 528 g/mol. The Hall–Kier alpha value is -3.00. The summed E-state index contributed by atoms with van der Waals surface area (Å²) in [6, 6.07) is 13.7. The number of carbonyl (C=O) groups is 4. The van der Waals surface area contributed by atoms with Crippen LogP contribution in [-0.4, -0.2) is 52.1 Å². The maximum absolute atomic E-state index is 13.2. The van der Waals surface area contributed by atoms with E-state index in [1.54, 1.807) is 36.1 Å². The van der Waals surface area contributed by atoms with Crippen molar-refractivity contribution in [3.63, 3.8) is 0 Å². The van der Waals surface area contributed by atoms with Crippen LogP contribution in [0.1, 0.15) is 66.3 Å². The molecule has 1 aliphatic heterocycles. The Kier molecular flexibility index (Phi) is 8.61. The second-order valence-corrected chi connectivity index (χ2v) is 9.47. The first-order chi connectivity index (χ1) is 16.2. The molecule has 2 atom stereocenters. The number of fused-ring (bicyclic) bond motifs is 1. The SMILES string of the molecule is CC[C@H](C)NC(=O)[C@@H](C)N(Cc1cccc(Br)c1)C(=O)CCCN1C(=O)c2ccccc2C1=O. The van der Waals surface area contributed by atoms with Gasteiger partial charge in [-0.25, -0.2) is 0 Å². The lowest BCUT2D eigenvalue weighted by Gasteiger charge is -2.30. The number of halogens is 1. The molecule has 0 aromatic heterocycles. The molecule has 4 amide bonds. The largest absolute Gasteiger partial charge is 0.352 e. The standard InChI is InChI=1S/C26H30BrN3O4/c1-4-17(2)28-24(32)18(3)30(16-19-9-7-10-20(27)15-19)23(31)13-8-14-29-25(33)21-11-5-6-12-22(21)26(29)34/h5-7,9-12,15,17-18H,4,8,13-14,16H2,1-3H3,(H,28,32)/t17-,18+/m0/s1. The van der Waals surface area contributed by atoms with Gasteiger partial charge in [0.15, 0.2) is 0 Å². The number of imide groups is 1. The number of nitrogens with one attached hydrogen (secondary N) is 1. The van der Waals surface area contributed by atoms with Gasteiger partial charge >= 0.3 is 0 Å². The molecule has 1 heterocycles. The molecular formula is C26H30BrN3O4. The van der Waals surface area contributed by atoms with Gasteiger partial charge in [0.25, 0.3) is 11.8 Å². The smallest absolute Gasteiger partial charge is 0.261 e. The summed E-state index contributed by atoms with van der Waals surface area (Å²) in [4.78, 5) is 53.9. The van der Waals surface area contributed by atoms with Gasteiger partial charge in [-0.15, -0.1) is 0 Å². The molecular weight excluding hydrogens is 498 g/mol. The minimum Gasteiger partial charge on any atom is -0.352 e. The van der Waals surface area contributed by atoms with Crippen LogP contribution in [0.5, 0.6) is 0 Å². The third-order valence-corrected chi connectivity index (χ3v) is 6.55. The Balaban J connectivity index is 1.68. The Morgan fingerprint density at radius 2 is 1.68 bits per heavy atom. The van der Waals surface area contributed by atoms with Crippen molar-refractivity contribution in [3.05, 3.63) is 69.7 Å². The van der Waals surface area contributed by atoms with Crippen molar-refractivity contribution in [1.29, 1.82) is 0 Å². The Morgan fingerprint density at radius 3 is 2.26 bits per heavy atom. The van der Waals surface area contributed by atoms with Crippen LogP contribution in [0.25, 0.3) is 0 Å². The van der Waals surface area contributed by atoms with Crippen molar-refractivity contribution >= 4 is 39.6 Å².